The van der Waals surface area contributed by atoms with Crippen molar-refractivity contribution in [3.8, 4) is 17.2 Å². The summed E-state index contributed by atoms with van der Waals surface area (Å²) >= 11 is 5.58. The number of nitrogen functional groups attached to an aromatic ring is 1. The predicted molar refractivity (Wildman–Crippen MR) is 107 cm³/mol. The van der Waals surface area contributed by atoms with Crippen molar-refractivity contribution < 1.29 is 14.6 Å². The molecule has 1 aliphatic heterocycles. The van der Waals surface area contributed by atoms with E-state index in [0.717, 1.165) is 41.3 Å². The van der Waals surface area contributed by atoms with Crippen LogP contribution >= 0.6 is 12.2 Å². The third-order valence-electron chi connectivity index (χ3n) is 4.82. The summed E-state index contributed by atoms with van der Waals surface area (Å²) in [6.07, 6.45) is 2.83. The number of rotatable bonds is 6. The van der Waals surface area contributed by atoms with E-state index in [1.165, 1.54) is 5.56 Å². The van der Waals surface area contributed by atoms with Gasteiger partial charge in [-0.15, -0.1) is 0 Å². The average Bonchev–Trinajstić information content (AvgIpc) is 2.98. The van der Waals surface area contributed by atoms with Gasteiger partial charge in [-0.1, -0.05) is 24.4 Å². The third-order valence-corrected chi connectivity index (χ3v) is 5.26. The molecule has 1 atom stereocenters. The zero-order chi connectivity index (χ0) is 18.7. The van der Waals surface area contributed by atoms with Gasteiger partial charge in [-0.2, -0.15) is 0 Å². The van der Waals surface area contributed by atoms with Gasteiger partial charge in [-0.3, -0.25) is 0 Å². The van der Waals surface area contributed by atoms with Crippen molar-refractivity contribution in [3.05, 3.63) is 47.5 Å². The summed E-state index contributed by atoms with van der Waals surface area (Å²) in [6, 6.07) is 11.7. The Balaban J connectivity index is 1.76. The fourth-order valence-corrected chi connectivity index (χ4v) is 3.73. The molecule has 3 N–H and O–H groups in total. The monoisotopic (exact) mass is 372 g/mol. The van der Waals surface area contributed by atoms with Gasteiger partial charge in [0.1, 0.15) is 5.75 Å². The van der Waals surface area contributed by atoms with Crippen LogP contribution in [0.1, 0.15) is 24.0 Å². The zero-order valence-corrected chi connectivity index (χ0v) is 15.9. The lowest BCUT2D eigenvalue weighted by Crippen LogP contribution is -2.33. The predicted octanol–water partition coefficient (Wildman–Crippen LogP) is 3.53. The molecule has 1 saturated heterocycles. The molecule has 26 heavy (non-hydrogen) atoms. The molecule has 0 radical (unpaired) electrons. The van der Waals surface area contributed by atoms with Crippen LogP contribution in [-0.4, -0.2) is 35.3 Å². The lowest BCUT2D eigenvalue weighted by Gasteiger charge is -2.27. The summed E-state index contributed by atoms with van der Waals surface area (Å²) in [5.41, 5.74) is 8.44. The first kappa shape index (κ1) is 18.3. The van der Waals surface area contributed by atoms with Crippen molar-refractivity contribution in [1.82, 2.24) is 4.90 Å². The van der Waals surface area contributed by atoms with Gasteiger partial charge in [0.25, 0.3) is 0 Å². The van der Waals surface area contributed by atoms with Gasteiger partial charge in [-0.25, -0.2) is 0 Å². The molecule has 0 bridgehead atoms. The summed E-state index contributed by atoms with van der Waals surface area (Å²) < 4.78 is 10.7. The molecule has 0 amide bonds. The van der Waals surface area contributed by atoms with E-state index in [-0.39, 0.29) is 5.75 Å². The van der Waals surface area contributed by atoms with Crippen molar-refractivity contribution in [2.75, 3.05) is 20.0 Å². The van der Waals surface area contributed by atoms with Crippen LogP contribution in [-0.2, 0) is 13.0 Å². The standard InChI is InChI=1S/C20H24N2O3S/c1-24-18-7-4-13(11-19(18)25-2)9-15-5-8-20(26)22(15)12-14-3-6-17(23)16(21)10-14/h3-4,6-7,10-11,15,23H,5,8-9,12,21H2,1-2H3/t15-/m0/s1. The van der Waals surface area contributed by atoms with Gasteiger partial charge in [0.2, 0.25) is 0 Å². The van der Waals surface area contributed by atoms with Gasteiger partial charge in [-0.05, 0) is 54.7 Å². The summed E-state index contributed by atoms with van der Waals surface area (Å²) in [7, 11) is 3.28. The maximum atomic E-state index is 9.61. The number of anilines is 1. The van der Waals surface area contributed by atoms with E-state index in [0.29, 0.717) is 18.3 Å². The molecule has 6 heteroatoms. The molecule has 0 unspecified atom stereocenters. The number of hydrogen-bond acceptors (Lipinski definition) is 5. The number of nitrogens with zero attached hydrogens (tertiary/aromatic N) is 1. The van der Waals surface area contributed by atoms with Crippen LogP contribution in [0, 0.1) is 0 Å². The highest BCUT2D eigenvalue weighted by atomic mass is 32.1. The molecule has 1 aliphatic rings. The summed E-state index contributed by atoms with van der Waals surface area (Å²) in [4.78, 5) is 3.24. The minimum absolute atomic E-state index is 0.111. The fourth-order valence-electron chi connectivity index (χ4n) is 3.40. The molecular formula is C20H24N2O3S. The number of hydrogen-bond donors (Lipinski definition) is 2. The average molecular weight is 372 g/mol. The Morgan fingerprint density at radius 3 is 2.54 bits per heavy atom. The molecule has 138 valence electrons. The van der Waals surface area contributed by atoms with Crippen LogP contribution in [0.3, 0.4) is 0 Å². The quantitative estimate of drug-likeness (QED) is 0.459. The molecule has 2 aromatic rings. The van der Waals surface area contributed by atoms with E-state index < -0.39 is 0 Å². The van der Waals surface area contributed by atoms with Crippen molar-refractivity contribution in [3.63, 3.8) is 0 Å². The Hall–Kier alpha value is -2.47. The second kappa shape index (κ2) is 7.83. The minimum atomic E-state index is 0.111. The number of phenols is 1. The second-order valence-corrected chi connectivity index (χ2v) is 6.97. The summed E-state index contributed by atoms with van der Waals surface area (Å²) in [6.45, 7) is 0.696. The van der Waals surface area contributed by atoms with Crippen molar-refractivity contribution in [1.29, 1.82) is 0 Å². The maximum Gasteiger partial charge on any atom is 0.160 e. The van der Waals surface area contributed by atoms with Gasteiger partial charge in [0, 0.05) is 12.6 Å². The van der Waals surface area contributed by atoms with E-state index in [1.54, 1.807) is 20.3 Å². The lowest BCUT2D eigenvalue weighted by atomic mass is 10.0. The Morgan fingerprint density at radius 2 is 1.85 bits per heavy atom. The highest BCUT2D eigenvalue weighted by molar-refractivity contribution is 7.80. The number of likely N-dealkylation sites (tertiary alicyclic amines) is 1. The van der Waals surface area contributed by atoms with E-state index in [9.17, 15) is 5.11 Å². The van der Waals surface area contributed by atoms with E-state index in [1.807, 2.05) is 24.3 Å². The lowest BCUT2D eigenvalue weighted by molar-refractivity contribution is 0.328. The Kier molecular flexibility index (Phi) is 5.52. The van der Waals surface area contributed by atoms with Gasteiger partial charge in [0.05, 0.1) is 24.9 Å². The van der Waals surface area contributed by atoms with Gasteiger partial charge >= 0.3 is 0 Å². The summed E-state index contributed by atoms with van der Waals surface area (Å²) in [5, 5.41) is 9.61. The fraction of sp³-hybridized carbons (Fsp3) is 0.350. The molecule has 1 heterocycles. The smallest absolute Gasteiger partial charge is 0.160 e. The van der Waals surface area contributed by atoms with E-state index in [4.69, 9.17) is 27.4 Å². The number of benzene rings is 2. The largest absolute Gasteiger partial charge is 0.506 e. The van der Waals surface area contributed by atoms with Gasteiger partial charge < -0.3 is 25.2 Å². The molecule has 1 fully saturated rings. The number of methoxy groups -OCH3 is 2. The maximum absolute atomic E-state index is 9.61. The Morgan fingerprint density at radius 1 is 1.12 bits per heavy atom. The second-order valence-electron chi connectivity index (χ2n) is 6.50. The number of nitrogens with two attached hydrogens (primary N) is 1. The Labute approximate surface area is 159 Å². The Bertz CT molecular complexity index is 810. The normalized spacial score (nSPS) is 16.8. The highest BCUT2D eigenvalue weighted by Gasteiger charge is 2.28. The molecule has 0 saturated carbocycles. The van der Waals surface area contributed by atoms with E-state index >= 15 is 0 Å². The van der Waals surface area contributed by atoms with E-state index in [2.05, 4.69) is 11.0 Å². The first-order chi connectivity index (χ1) is 12.5. The molecule has 0 aliphatic carbocycles. The van der Waals surface area contributed by atoms with Crippen LogP contribution in [0.5, 0.6) is 17.2 Å². The van der Waals surface area contributed by atoms with Gasteiger partial charge in [0.15, 0.2) is 11.5 Å². The number of thiocarbonyl (C=S) groups is 1. The molecule has 3 rings (SSSR count). The minimum Gasteiger partial charge on any atom is -0.506 e. The van der Waals surface area contributed by atoms with Crippen LogP contribution in [0.25, 0.3) is 0 Å². The highest BCUT2D eigenvalue weighted by Crippen LogP contribution is 2.31. The van der Waals surface area contributed by atoms with Crippen molar-refractivity contribution >= 4 is 22.9 Å². The first-order valence-corrected chi connectivity index (χ1v) is 9.00. The van der Waals surface area contributed by atoms with Crippen LogP contribution in [0.4, 0.5) is 5.69 Å². The number of ether oxygens (including phenoxy) is 2. The van der Waals surface area contributed by atoms with Crippen LogP contribution in [0.15, 0.2) is 36.4 Å². The van der Waals surface area contributed by atoms with Crippen molar-refractivity contribution in [2.45, 2.75) is 31.8 Å². The summed E-state index contributed by atoms with van der Waals surface area (Å²) in [5.74, 6) is 1.58. The SMILES string of the molecule is COc1ccc(C[C@@H]2CCC(=S)N2Cc2ccc(O)c(N)c2)cc1OC. The molecule has 0 spiro atoms. The molecule has 2 aromatic carbocycles. The van der Waals surface area contributed by atoms with Crippen LogP contribution in [0.2, 0.25) is 0 Å². The zero-order valence-electron chi connectivity index (χ0n) is 15.1. The molecular weight excluding hydrogens is 348 g/mol. The number of phenolic OH excluding ortho intramolecular Hbond substituents is 1. The third kappa shape index (κ3) is 3.85. The number of aromatic hydroxyl groups is 1. The molecule has 5 nitrogen and oxygen atoms in total. The van der Waals surface area contributed by atoms with Crippen LogP contribution < -0.4 is 15.2 Å². The first-order valence-electron chi connectivity index (χ1n) is 8.59. The van der Waals surface area contributed by atoms with Crippen molar-refractivity contribution in [2.24, 2.45) is 0 Å². The topological polar surface area (TPSA) is 68.0 Å². The molecule has 0 aromatic heterocycles.